The Balaban J connectivity index is 2.16. The molecule has 1 saturated heterocycles. The Morgan fingerprint density at radius 3 is 2.90 bits per heavy atom. The first-order valence-corrected chi connectivity index (χ1v) is 9.28. The lowest BCUT2D eigenvalue weighted by Crippen LogP contribution is -2.31. The van der Waals surface area contributed by atoms with Crippen LogP contribution in [-0.2, 0) is 13.0 Å². The summed E-state index contributed by atoms with van der Waals surface area (Å²) >= 11 is 1.87. The molecule has 2 heterocycles. The van der Waals surface area contributed by atoms with Gasteiger partial charge in [0.05, 0.1) is 6.04 Å². The summed E-state index contributed by atoms with van der Waals surface area (Å²) in [6.07, 6.45) is 9.39. The van der Waals surface area contributed by atoms with Gasteiger partial charge in [0.25, 0.3) is 0 Å². The number of unbranched alkanes of at least 4 members (excludes halogenated alkanes) is 1. The van der Waals surface area contributed by atoms with Crippen LogP contribution in [0, 0.1) is 0 Å². The van der Waals surface area contributed by atoms with Crippen molar-refractivity contribution < 1.29 is 0 Å². The van der Waals surface area contributed by atoms with Crippen LogP contribution in [0.15, 0.2) is 0 Å². The monoisotopic (exact) mass is 296 g/mol. The van der Waals surface area contributed by atoms with Crippen LogP contribution < -0.4 is 0 Å². The predicted octanol–water partition coefficient (Wildman–Crippen LogP) is 3.14. The number of piperidine rings is 1. The van der Waals surface area contributed by atoms with E-state index >= 15 is 0 Å². The van der Waals surface area contributed by atoms with Gasteiger partial charge >= 0.3 is 0 Å². The summed E-state index contributed by atoms with van der Waals surface area (Å²) in [5.41, 5.74) is 0. The maximum atomic E-state index is 4.87. The molecule has 1 aliphatic rings. The fraction of sp³-hybridized carbons (Fsp3) is 0.867. The second-order valence-electron chi connectivity index (χ2n) is 5.70. The average Bonchev–Trinajstić information content (AvgIpc) is 2.86. The molecule has 114 valence electrons. The minimum atomic E-state index is 0.469. The van der Waals surface area contributed by atoms with Crippen LogP contribution in [0.2, 0.25) is 0 Å². The summed E-state index contributed by atoms with van der Waals surface area (Å²) in [5.74, 6) is 3.35. The van der Waals surface area contributed by atoms with Gasteiger partial charge in [0.2, 0.25) is 0 Å². The number of thioether (sulfide) groups is 1. The molecule has 5 heteroatoms. The third-order valence-corrected chi connectivity index (χ3v) is 4.68. The van der Waals surface area contributed by atoms with Crippen molar-refractivity contribution in [1.29, 1.82) is 0 Å². The molecular formula is C15H28N4S. The van der Waals surface area contributed by atoms with Crippen LogP contribution in [0.4, 0.5) is 0 Å². The summed E-state index contributed by atoms with van der Waals surface area (Å²) in [4.78, 5) is 7.32. The van der Waals surface area contributed by atoms with Crippen LogP contribution in [-0.4, -0.2) is 45.3 Å². The Morgan fingerprint density at radius 1 is 1.35 bits per heavy atom. The van der Waals surface area contributed by atoms with E-state index in [0.29, 0.717) is 6.04 Å². The van der Waals surface area contributed by atoms with Crippen molar-refractivity contribution in [1.82, 2.24) is 19.7 Å². The first-order valence-electron chi connectivity index (χ1n) is 7.89. The summed E-state index contributed by atoms with van der Waals surface area (Å²) in [6, 6.07) is 0.469. The fourth-order valence-corrected chi connectivity index (χ4v) is 3.21. The number of hydrogen-bond acceptors (Lipinski definition) is 4. The molecule has 0 amide bonds. The van der Waals surface area contributed by atoms with Gasteiger partial charge < -0.3 is 0 Å². The van der Waals surface area contributed by atoms with Gasteiger partial charge in [-0.25, -0.2) is 9.67 Å². The van der Waals surface area contributed by atoms with Crippen molar-refractivity contribution in [3.63, 3.8) is 0 Å². The maximum absolute atomic E-state index is 4.87. The van der Waals surface area contributed by atoms with Crippen LogP contribution in [0.1, 0.15) is 56.7 Å². The van der Waals surface area contributed by atoms with Gasteiger partial charge in [0.15, 0.2) is 5.82 Å². The highest BCUT2D eigenvalue weighted by Crippen LogP contribution is 2.28. The SMILES string of the molecule is CCCCn1nc(CCSC)nc1C1CCCCN1C. The molecule has 2 rings (SSSR count). The third-order valence-electron chi connectivity index (χ3n) is 4.07. The average molecular weight is 296 g/mol. The standard InChI is InChI=1S/C15H28N4S/c1-4-5-11-19-15(13-8-6-7-10-18(13)2)16-14(17-19)9-12-20-3/h13H,4-12H2,1-3H3. The number of rotatable bonds is 7. The number of aromatic nitrogens is 3. The zero-order valence-corrected chi connectivity index (χ0v) is 14.0. The van der Waals surface area contributed by atoms with Crippen molar-refractivity contribution in [2.24, 2.45) is 0 Å². The summed E-state index contributed by atoms with van der Waals surface area (Å²) in [6.45, 7) is 4.44. The lowest BCUT2D eigenvalue weighted by molar-refractivity contribution is 0.173. The molecule has 1 aromatic rings. The smallest absolute Gasteiger partial charge is 0.151 e. The van der Waals surface area contributed by atoms with Crippen molar-refractivity contribution in [2.45, 2.75) is 58.0 Å². The molecule has 1 aliphatic heterocycles. The fourth-order valence-electron chi connectivity index (χ4n) is 2.82. The number of nitrogens with zero attached hydrogens (tertiary/aromatic N) is 4. The van der Waals surface area contributed by atoms with E-state index in [4.69, 9.17) is 10.1 Å². The molecule has 0 aromatic carbocycles. The minimum Gasteiger partial charge on any atom is -0.297 e. The van der Waals surface area contributed by atoms with E-state index in [9.17, 15) is 0 Å². The number of aryl methyl sites for hydroxylation is 2. The quantitative estimate of drug-likeness (QED) is 0.774. The van der Waals surface area contributed by atoms with Crippen molar-refractivity contribution in [2.75, 3.05) is 25.6 Å². The maximum Gasteiger partial charge on any atom is 0.151 e. The van der Waals surface area contributed by atoms with Gasteiger partial charge in [-0.3, -0.25) is 4.90 Å². The Labute approximate surface area is 127 Å². The predicted molar refractivity (Wildman–Crippen MR) is 86.2 cm³/mol. The summed E-state index contributed by atoms with van der Waals surface area (Å²) in [5, 5.41) is 4.76. The van der Waals surface area contributed by atoms with Crippen molar-refractivity contribution in [3.05, 3.63) is 11.6 Å². The van der Waals surface area contributed by atoms with Crippen molar-refractivity contribution in [3.8, 4) is 0 Å². The first kappa shape index (κ1) is 15.8. The van der Waals surface area contributed by atoms with Gasteiger partial charge in [-0.1, -0.05) is 19.8 Å². The van der Waals surface area contributed by atoms with Crippen LogP contribution in [0.25, 0.3) is 0 Å². The summed E-state index contributed by atoms with van der Waals surface area (Å²) < 4.78 is 2.19. The highest BCUT2D eigenvalue weighted by Gasteiger charge is 2.26. The highest BCUT2D eigenvalue weighted by molar-refractivity contribution is 7.98. The molecule has 0 radical (unpaired) electrons. The molecule has 1 atom stereocenters. The van der Waals surface area contributed by atoms with Gasteiger partial charge in [0, 0.05) is 18.7 Å². The van der Waals surface area contributed by atoms with E-state index in [1.807, 2.05) is 11.8 Å². The van der Waals surface area contributed by atoms with E-state index in [1.54, 1.807) is 0 Å². The minimum absolute atomic E-state index is 0.469. The highest BCUT2D eigenvalue weighted by atomic mass is 32.2. The first-order chi connectivity index (χ1) is 9.76. The molecule has 0 aliphatic carbocycles. The van der Waals surface area contributed by atoms with Gasteiger partial charge in [-0.15, -0.1) is 0 Å². The van der Waals surface area contributed by atoms with E-state index in [2.05, 4.69) is 29.8 Å². The van der Waals surface area contributed by atoms with Crippen molar-refractivity contribution >= 4 is 11.8 Å². The lowest BCUT2D eigenvalue weighted by atomic mass is 10.0. The van der Waals surface area contributed by atoms with E-state index in [0.717, 1.165) is 24.5 Å². The third kappa shape index (κ3) is 3.98. The normalized spacial score (nSPS) is 20.4. The molecule has 0 N–H and O–H groups in total. The molecule has 20 heavy (non-hydrogen) atoms. The molecule has 4 nitrogen and oxygen atoms in total. The van der Waals surface area contributed by atoms with Crippen LogP contribution >= 0.6 is 11.8 Å². The Hall–Kier alpha value is -0.550. The Kier molecular flexibility index (Phi) is 6.36. The topological polar surface area (TPSA) is 34.0 Å². The molecule has 1 fully saturated rings. The van der Waals surface area contributed by atoms with Gasteiger partial charge in [-0.05, 0) is 39.1 Å². The van der Waals surface area contributed by atoms with E-state index in [1.165, 1.54) is 44.5 Å². The second-order valence-corrected chi connectivity index (χ2v) is 6.68. The zero-order chi connectivity index (χ0) is 14.4. The van der Waals surface area contributed by atoms with Crippen LogP contribution in [0.3, 0.4) is 0 Å². The molecule has 1 aromatic heterocycles. The second kappa shape index (κ2) is 8.03. The zero-order valence-electron chi connectivity index (χ0n) is 13.1. The number of likely N-dealkylation sites (tertiary alicyclic amines) is 1. The van der Waals surface area contributed by atoms with Gasteiger partial charge in [-0.2, -0.15) is 16.9 Å². The summed E-state index contributed by atoms with van der Waals surface area (Å²) in [7, 11) is 2.23. The molecular weight excluding hydrogens is 268 g/mol. The van der Waals surface area contributed by atoms with Gasteiger partial charge in [0.1, 0.15) is 5.82 Å². The molecule has 0 saturated carbocycles. The molecule has 0 bridgehead atoms. The van der Waals surface area contributed by atoms with Crippen LogP contribution in [0.5, 0.6) is 0 Å². The van der Waals surface area contributed by atoms with E-state index in [-0.39, 0.29) is 0 Å². The van der Waals surface area contributed by atoms with E-state index < -0.39 is 0 Å². The Bertz CT molecular complexity index is 405. The Morgan fingerprint density at radius 2 is 2.20 bits per heavy atom. The molecule has 0 spiro atoms. The largest absolute Gasteiger partial charge is 0.297 e. The molecule has 1 unspecified atom stereocenters. The number of hydrogen-bond donors (Lipinski definition) is 0. The lowest BCUT2D eigenvalue weighted by Gasteiger charge is -2.31.